The molecular formula is C16H20ClN3OS. The molecule has 1 unspecified atom stereocenters. The van der Waals surface area contributed by atoms with Crippen molar-refractivity contribution in [2.45, 2.75) is 13.8 Å². The maximum Gasteiger partial charge on any atom is 0.132 e. The van der Waals surface area contributed by atoms with Crippen molar-refractivity contribution < 1.29 is 4.21 Å². The van der Waals surface area contributed by atoms with Gasteiger partial charge in [0.05, 0.1) is 9.94 Å². The predicted molar refractivity (Wildman–Crippen MR) is 94.6 cm³/mol. The van der Waals surface area contributed by atoms with Gasteiger partial charge in [0.2, 0.25) is 0 Å². The third-order valence-corrected chi connectivity index (χ3v) is 5.19. The fraction of sp³-hybridized carbons (Fsp3) is 0.188. The van der Waals surface area contributed by atoms with Crippen LogP contribution in [0.5, 0.6) is 0 Å². The lowest BCUT2D eigenvalue weighted by molar-refractivity contribution is 0.670. The number of nitrogens with one attached hydrogen (secondary N) is 2. The number of halogens is 1. The average molecular weight is 338 g/mol. The first-order chi connectivity index (χ1) is 10.3. The van der Waals surface area contributed by atoms with E-state index >= 15 is 0 Å². The second-order valence-electron chi connectivity index (χ2n) is 4.71. The van der Waals surface area contributed by atoms with Crippen molar-refractivity contribution in [1.29, 1.82) is 4.78 Å². The Labute approximate surface area is 137 Å². The van der Waals surface area contributed by atoms with Gasteiger partial charge in [0.25, 0.3) is 0 Å². The molecule has 0 amide bonds. The van der Waals surface area contributed by atoms with Crippen molar-refractivity contribution >= 4 is 27.1 Å². The summed E-state index contributed by atoms with van der Waals surface area (Å²) >= 11 is 5.86. The van der Waals surface area contributed by atoms with Crippen LogP contribution in [0, 0.1) is 4.78 Å². The lowest BCUT2D eigenvalue weighted by Gasteiger charge is -2.11. The van der Waals surface area contributed by atoms with Crippen LogP contribution in [0.1, 0.15) is 19.4 Å². The van der Waals surface area contributed by atoms with E-state index in [1.807, 2.05) is 25.1 Å². The monoisotopic (exact) mass is 337 g/mol. The van der Waals surface area contributed by atoms with Gasteiger partial charge in [0.1, 0.15) is 9.92 Å². The molecule has 2 N–H and O–H groups in total. The summed E-state index contributed by atoms with van der Waals surface area (Å²) in [6, 6.07) is 3.80. The quantitative estimate of drug-likeness (QED) is 0.730. The van der Waals surface area contributed by atoms with E-state index in [0.29, 0.717) is 0 Å². The van der Waals surface area contributed by atoms with Crippen LogP contribution in [0.3, 0.4) is 0 Å². The molecule has 6 heteroatoms. The second kappa shape index (κ2) is 8.08. The summed E-state index contributed by atoms with van der Waals surface area (Å²) in [6.07, 6.45) is 6.69. The first kappa shape index (κ1) is 18.4. The van der Waals surface area contributed by atoms with Crippen LogP contribution in [0.25, 0.3) is 5.57 Å². The molecule has 1 aromatic rings. The van der Waals surface area contributed by atoms with Crippen LogP contribution in [0.15, 0.2) is 65.3 Å². The van der Waals surface area contributed by atoms with Crippen LogP contribution in [0.4, 0.5) is 0 Å². The summed E-state index contributed by atoms with van der Waals surface area (Å²) < 4.78 is 22.8. The van der Waals surface area contributed by atoms with Gasteiger partial charge in [-0.05, 0) is 48.8 Å². The molecule has 1 aromatic heterocycles. The number of hydrogen-bond donors (Lipinski definition) is 2. The SMILES string of the molecule is C=C/C(Cl)=C(\C)S(=N)(=O)NCC(=C)/C=C(\C)c1ccncc1. The fourth-order valence-electron chi connectivity index (χ4n) is 1.64. The van der Waals surface area contributed by atoms with Crippen molar-refractivity contribution in [1.82, 2.24) is 9.71 Å². The number of rotatable bonds is 7. The molecule has 1 heterocycles. The number of nitrogens with zero attached hydrogens (tertiary/aromatic N) is 1. The van der Waals surface area contributed by atoms with Gasteiger partial charge in [-0.15, -0.1) is 0 Å². The molecule has 118 valence electrons. The first-order valence-corrected chi connectivity index (χ1v) is 8.50. The minimum Gasteiger partial charge on any atom is -0.265 e. The van der Waals surface area contributed by atoms with Gasteiger partial charge in [-0.3, -0.25) is 4.98 Å². The fourth-order valence-corrected chi connectivity index (χ4v) is 2.93. The van der Waals surface area contributed by atoms with E-state index < -0.39 is 9.92 Å². The van der Waals surface area contributed by atoms with Crippen LogP contribution in [-0.2, 0) is 9.92 Å². The van der Waals surface area contributed by atoms with Crippen molar-refractivity contribution in [2.24, 2.45) is 0 Å². The van der Waals surface area contributed by atoms with E-state index in [4.69, 9.17) is 16.4 Å². The van der Waals surface area contributed by atoms with Crippen LogP contribution in [-0.4, -0.2) is 15.7 Å². The van der Waals surface area contributed by atoms with Crippen LogP contribution >= 0.6 is 11.6 Å². The van der Waals surface area contributed by atoms with E-state index in [-0.39, 0.29) is 16.5 Å². The Kier molecular flexibility index (Phi) is 6.74. The molecule has 1 rings (SSSR count). The zero-order valence-electron chi connectivity index (χ0n) is 12.7. The van der Waals surface area contributed by atoms with E-state index in [1.54, 1.807) is 19.3 Å². The van der Waals surface area contributed by atoms with Gasteiger partial charge in [-0.1, -0.05) is 30.8 Å². The van der Waals surface area contributed by atoms with Crippen LogP contribution < -0.4 is 4.72 Å². The highest BCUT2D eigenvalue weighted by Crippen LogP contribution is 2.17. The molecule has 0 aromatic carbocycles. The van der Waals surface area contributed by atoms with E-state index in [0.717, 1.165) is 16.7 Å². The maximum absolute atomic E-state index is 12.2. The Balaban J connectivity index is 2.77. The third kappa shape index (κ3) is 5.26. The smallest absolute Gasteiger partial charge is 0.132 e. The van der Waals surface area contributed by atoms with E-state index in [2.05, 4.69) is 22.9 Å². The highest BCUT2D eigenvalue weighted by atomic mass is 35.5. The Morgan fingerprint density at radius 2 is 2.05 bits per heavy atom. The molecule has 22 heavy (non-hydrogen) atoms. The molecule has 0 fully saturated rings. The molecule has 0 bridgehead atoms. The minimum absolute atomic E-state index is 0.224. The van der Waals surface area contributed by atoms with Gasteiger partial charge >= 0.3 is 0 Å². The minimum atomic E-state index is -3.14. The van der Waals surface area contributed by atoms with Gasteiger partial charge < -0.3 is 0 Å². The Hall–Kier alpha value is -1.69. The van der Waals surface area contributed by atoms with Crippen molar-refractivity contribution in [3.05, 3.63) is 70.9 Å². The summed E-state index contributed by atoms with van der Waals surface area (Å²) in [7, 11) is -3.14. The number of hydrogen-bond acceptors (Lipinski definition) is 3. The zero-order valence-corrected chi connectivity index (χ0v) is 14.3. The Morgan fingerprint density at radius 1 is 1.45 bits per heavy atom. The predicted octanol–water partition coefficient (Wildman–Crippen LogP) is 4.25. The van der Waals surface area contributed by atoms with Gasteiger partial charge in [-0.2, -0.15) is 0 Å². The average Bonchev–Trinajstić information content (AvgIpc) is 2.52. The summed E-state index contributed by atoms with van der Waals surface area (Å²) in [5.41, 5.74) is 2.77. The van der Waals surface area contributed by atoms with Crippen LogP contribution in [0.2, 0.25) is 0 Å². The van der Waals surface area contributed by atoms with Crippen molar-refractivity contribution in [2.75, 3.05) is 6.54 Å². The third-order valence-electron chi connectivity index (χ3n) is 3.01. The summed E-state index contributed by atoms with van der Waals surface area (Å²) in [4.78, 5) is 4.23. The molecule has 0 saturated heterocycles. The van der Waals surface area contributed by atoms with E-state index in [1.165, 1.54) is 6.08 Å². The van der Waals surface area contributed by atoms with Gasteiger partial charge in [0.15, 0.2) is 0 Å². The highest BCUT2D eigenvalue weighted by Gasteiger charge is 2.11. The number of allylic oxidation sites excluding steroid dienone is 4. The molecule has 0 radical (unpaired) electrons. The molecule has 0 aliphatic rings. The molecule has 0 aliphatic heterocycles. The number of pyridine rings is 1. The molecular weight excluding hydrogens is 318 g/mol. The lowest BCUT2D eigenvalue weighted by atomic mass is 10.1. The van der Waals surface area contributed by atoms with Crippen molar-refractivity contribution in [3.63, 3.8) is 0 Å². The van der Waals surface area contributed by atoms with Gasteiger partial charge in [-0.25, -0.2) is 13.7 Å². The molecule has 4 nitrogen and oxygen atoms in total. The largest absolute Gasteiger partial charge is 0.265 e. The van der Waals surface area contributed by atoms with Gasteiger partial charge in [0, 0.05) is 18.9 Å². The number of aromatic nitrogens is 1. The Morgan fingerprint density at radius 3 is 2.59 bits per heavy atom. The molecule has 0 saturated carbocycles. The van der Waals surface area contributed by atoms with Crippen molar-refractivity contribution in [3.8, 4) is 0 Å². The zero-order chi connectivity index (χ0) is 16.8. The maximum atomic E-state index is 12.2. The highest BCUT2D eigenvalue weighted by molar-refractivity contribution is 7.94. The molecule has 0 spiro atoms. The van der Waals surface area contributed by atoms with E-state index in [9.17, 15) is 4.21 Å². The normalized spacial score (nSPS) is 15.7. The summed E-state index contributed by atoms with van der Waals surface area (Å²) in [5, 5.41) is 0.224. The summed E-state index contributed by atoms with van der Waals surface area (Å²) in [5.74, 6) is 0. The molecule has 0 aliphatic carbocycles. The first-order valence-electron chi connectivity index (χ1n) is 6.56. The second-order valence-corrected chi connectivity index (χ2v) is 7.13. The Bertz CT molecular complexity index is 719. The topological polar surface area (TPSA) is 65.8 Å². The lowest BCUT2D eigenvalue weighted by Crippen LogP contribution is -2.25. The molecule has 1 atom stereocenters. The standard InChI is InChI=1S/C16H20ClN3OS/c1-5-16(17)14(4)22(18,21)20-11-12(2)10-13(3)15-6-8-19-9-7-15/h5-10H,1-2,11H2,3-4H3,(H2,18,20,21)/b13-10+,16-14-. The summed E-state index contributed by atoms with van der Waals surface area (Å²) in [6.45, 7) is 11.2.